The number of nitrogens with zero attached hydrogens (tertiary/aromatic N) is 2. The van der Waals surface area contributed by atoms with Crippen LogP contribution in [0.1, 0.15) is 51.1 Å². The molecule has 0 spiro atoms. The van der Waals surface area contributed by atoms with E-state index in [-0.39, 0.29) is 23.8 Å². The number of carbonyl (C=O) groups excluding carboxylic acids is 2. The normalized spacial score (nSPS) is 21.9. The lowest BCUT2D eigenvalue weighted by molar-refractivity contribution is -0.137. The molecule has 1 saturated carbocycles. The van der Waals surface area contributed by atoms with Gasteiger partial charge in [-0.25, -0.2) is 0 Å². The first kappa shape index (κ1) is 14.1. The predicted molar refractivity (Wildman–Crippen MR) is 78.8 cm³/mol. The number of amides is 2. The Morgan fingerprint density at radius 1 is 1.38 bits per heavy atom. The molecule has 1 aliphatic heterocycles. The molecule has 0 radical (unpaired) electrons. The summed E-state index contributed by atoms with van der Waals surface area (Å²) in [6, 6.07) is 1.52. The van der Waals surface area contributed by atoms with Gasteiger partial charge in [0.05, 0.1) is 0 Å². The van der Waals surface area contributed by atoms with E-state index in [1.807, 2.05) is 6.07 Å². The molecule has 0 aromatic carbocycles. The first-order chi connectivity index (χ1) is 10.1. The zero-order valence-corrected chi connectivity index (χ0v) is 12.6. The second-order valence-corrected chi connectivity index (χ2v) is 6.32. The van der Waals surface area contributed by atoms with Crippen LogP contribution in [-0.2, 0) is 9.59 Å². The van der Waals surface area contributed by atoms with Crippen molar-refractivity contribution >= 4 is 17.6 Å². The van der Waals surface area contributed by atoms with Gasteiger partial charge in [-0.3, -0.25) is 14.7 Å². The van der Waals surface area contributed by atoms with Crippen LogP contribution in [0.25, 0.3) is 0 Å². The number of rotatable bonds is 4. The zero-order valence-electron chi connectivity index (χ0n) is 12.6. The van der Waals surface area contributed by atoms with Crippen LogP contribution in [0.5, 0.6) is 0 Å². The number of H-pyrrole nitrogens is 1. The Kier molecular flexibility index (Phi) is 3.69. The molecule has 1 aromatic heterocycles. The molecule has 2 fully saturated rings. The maximum Gasteiger partial charge on any atom is 0.248 e. The van der Waals surface area contributed by atoms with Gasteiger partial charge in [-0.2, -0.15) is 5.10 Å². The molecule has 2 aliphatic rings. The van der Waals surface area contributed by atoms with Crippen LogP contribution in [0.15, 0.2) is 6.07 Å². The Bertz CT molecular complexity index is 548. The number of aromatic amines is 1. The number of aromatic nitrogens is 2. The second kappa shape index (κ2) is 5.50. The van der Waals surface area contributed by atoms with Gasteiger partial charge in [0, 0.05) is 24.2 Å². The molecule has 1 aliphatic carbocycles. The van der Waals surface area contributed by atoms with Gasteiger partial charge in [-0.15, -0.1) is 0 Å². The highest BCUT2D eigenvalue weighted by Crippen LogP contribution is 2.33. The summed E-state index contributed by atoms with van der Waals surface area (Å²) in [7, 11) is 0. The lowest BCUT2D eigenvalue weighted by Crippen LogP contribution is -2.43. The first-order valence-corrected chi connectivity index (χ1v) is 7.73. The van der Waals surface area contributed by atoms with Crippen LogP contribution in [0, 0.1) is 5.92 Å². The minimum absolute atomic E-state index is 0.122. The van der Waals surface area contributed by atoms with Gasteiger partial charge in [0.15, 0.2) is 5.82 Å². The third-order valence-corrected chi connectivity index (χ3v) is 4.24. The molecular formula is C15H22N4O2. The summed E-state index contributed by atoms with van der Waals surface area (Å²) in [5.74, 6) is 1.06. The number of carbonyl (C=O) groups is 2. The largest absolute Gasteiger partial charge is 0.330 e. The monoisotopic (exact) mass is 290 g/mol. The number of likely N-dealkylation sites (tertiary alicyclic amines) is 1. The molecule has 2 N–H and O–H groups in total. The fourth-order valence-corrected chi connectivity index (χ4v) is 2.77. The van der Waals surface area contributed by atoms with E-state index in [1.165, 1.54) is 0 Å². The van der Waals surface area contributed by atoms with Gasteiger partial charge in [0.1, 0.15) is 6.04 Å². The third-order valence-electron chi connectivity index (χ3n) is 4.24. The van der Waals surface area contributed by atoms with E-state index in [9.17, 15) is 9.59 Å². The van der Waals surface area contributed by atoms with Gasteiger partial charge in [0.2, 0.25) is 11.8 Å². The van der Waals surface area contributed by atoms with Crippen molar-refractivity contribution in [2.45, 2.75) is 51.5 Å². The van der Waals surface area contributed by atoms with Crippen molar-refractivity contribution in [1.29, 1.82) is 0 Å². The highest BCUT2D eigenvalue weighted by molar-refractivity contribution is 5.97. The molecule has 1 aromatic rings. The molecule has 2 heterocycles. The fourth-order valence-electron chi connectivity index (χ4n) is 2.77. The fraction of sp³-hybridized carbons (Fsp3) is 0.667. The van der Waals surface area contributed by atoms with Gasteiger partial charge in [-0.05, 0) is 31.6 Å². The van der Waals surface area contributed by atoms with E-state index in [4.69, 9.17) is 0 Å². The smallest absolute Gasteiger partial charge is 0.248 e. The van der Waals surface area contributed by atoms with Crippen LogP contribution in [0.2, 0.25) is 0 Å². The maximum atomic E-state index is 12.4. The van der Waals surface area contributed by atoms with Gasteiger partial charge >= 0.3 is 0 Å². The number of hydrogen-bond donors (Lipinski definition) is 2. The minimum atomic E-state index is -0.336. The van der Waals surface area contributed by atoms with Crippen molar-refractivity contribution in [2.75, 3.05) is 11.9 Å². The van der Waals surface area contributed by atoms with Gasteiger partial charge in [0.25, 0.3) is 0 Å². The summed E-state index contributed by atoms with van der Waals surface area (Å²) in [6.07, 6.45) is 3.59. The molecule has 2 amide bonds. The maximum absolute atomic E-state index is 12.4. The van der Waals surface area contributed by atoms with E-state index in [1.54, 1.807) is 4.90 Å². The van der Waals surface area contributed by atoms with E-state index < -0.39 is 0 Å². The van der Waals surface area contributed by atoms with Crippen molar-refractivity contribution in [2.24, 2.45) is 5.92 Å². The average molecular weight is 290 g/mol. The molecule has 1 saturated heterocycles. The summed E-state index contributed by atoms with van der Waals surface area (Å²) < 4.78 is 0. The van der Waals surface area contributed by atoms with Crippen molar-refractivity contribution < 1.29 is 9.59 Å². The van der Waals surface area contributed by atoms with E-state index in [2.05, 4.69) is 29.4 Å². The van der Waals surface area contributed by atoms with Gasteiger partial charge < -0.3 is 10.2 Å². The molecule has 3 rings (SSSR count). The molecule has 6 nitrogen and oxygen atoms in total. The molecule has 114 valence electrons. The van der Waals surface area contributed by atoms with E-state index in [0.717, 1.165) is 31.4 Å². The van der Waals surface area contributed by atoms with E-state index >= 15 is 0 Å². The standard InChI is InChI=1S/C15H22N4O2/c1-9(2)11-8-13(18-17-11)16-14(20)12-4-3-7-19(12)15(21)10-5-6-10/h8-10,12H,3-7H2,1-2H3,(H2,16,17,18,20). The van der Waals surface area contributed by atoms with Crippen molar-refractivity contribution in [3.8, 4) is 0 Å². The Morgan fingerprint density at radius 3 is 2.76 bits per heavy atom. The van der Waals surface area contributed by atoms with Crippen molar-refractivity contribution in [3.63, 3.8) is 0 Å². The zero-order chi connectivity index (χ0) is 15.0. The van der Waals surface area contributed by atoms with Crippen LogP contribution < -0.4 is 5.32 Å². The Labute approximate surface area is 124 Å². The molecular weight excluding hydrogens is 268 g/mol. The summed E-state index contributed by atoms with van der Waals surface area (Å²) in [6.45, 7) is 4.82. The SMILES string of the molecule is CC(C)c1cc(NC(=O)C2CCCN2C(=O)C2CC2)n[nH]1. The summed E-state index contributed by atoms with van der Waals surface area (Å²) in [5, 5.41) is 9.85. The highest BCUT2D eigenvalue weighted by atomic mass is 16.2. The second-order valence-electron chi connectivity index (χ2n) is 6.32. The van der Waals surface area contributed by atoms with Crippen LogP contribution >= 0.6 is 0 Å². The number of nitrogens with one attached hydrogen (secondary N) is 2. The Balaban J connectivity index is 1.64. The summed E-state index contributed by atoms with van der Waals surface area (Å²) >= 11 is 0. The average Bonchev–Trinajstić information content (AvgIpc) is 3.00. The Morgan fingerprint density at radius 2 is 2.14 bits per heavy atom. The molecule has 0 bridgehead atoms. The molecule has 6 heteroatoms. The number of hydrogen-bond acceptors (Lipinski definition) is 3. The highest BCUT2D eigenvalue weighted by Gasteiger charge is 2.40. The topological polar surface area (TPSA) is 78.1 Å². The quantitative estimate of drug-likeness (QED) is 0.888. The van der Waals surface area contributed by atoms with E-state index in [0.29, 0.717) is 18.3 Å². The number of anilines is 1. The lowest BCUT2D eigenvalue weighted by Gasteiger charge is -2.23. The van der Waals surface area contributed by atoms with Crippen molar-refractivity contribution in [3.05, 3.63) is 11.8 Å². The molecule has 1 unspecified atom stereocenters. The van der Waals surface area contributed by atoms with Crippen LogP contribution in [-0.4, -0.2) is 39.5 Å². The predicted octanol–water partition coefficient (Wildman–Crippen LogP) is 1.87. The summed E-state index contributed by atoms with van der Waals surface area (Å²) in [4.78, 5) is 26.3. The minimum Gasteiger partial charge on any atom is -0.330 e. The molecule has 1 atom stereocenters. The van der Waals surface area contributed by atoms with Crippen molar-refractivity contribution in [1.82, 2.24) is 15.1 Å². The Hall–Kier alpha value is -1.85. The third kappa shape index (κ3) is 2.94. The van der Waals surface area contributed by atoms with Gasteiger partial charge in [-0.1, -0.05) is 13.8 Å². The molecule has 21 heavy (non-hydrogen) atoms. The lowest BCUT2D eigenvalue weighted by atomic mass is 10.1. The summed E-state index contributed by atoms with van der Waals surface area (Å²) in [5.41, 5.74) is 0.989. The van der Waals surface area contributed by atoms with Crippen LogP contribution in [0.3, 0.4) is 0 Å². The van der Waals surface area contributed by atoms with Crippen LogP contribution in [0.4, 0.5) is 5.82 Å². The first-order valence-electron chi connectivity index (χ1n) is 7.73.